The van der Waals surface area contributed by atoms with Crippen LogP contribution in [0.3, 0.4) is 0 Å². The van der Waals surface area contributed by atoms with Crippen LogP contribution >= 0.6 is 0 Å². The molecule has 19 heavy (non-hydrogen) atoms. The minimum atomic E-state index is -0.192. The average molecular weight is 263 g/mol. The highest BCUT2D eigenvalue weighted by Gasteiger charge is 2.13. The molecule has 1 aromatic rings. The SMILES string of the molecule is CC(O)CCCNC(C)c1ccc(C(C)(C)C)cc1. The van der Waals surface area contributed by atoms with Crippen molar-refractivity contribution in [1.82, 2.24) is 5.32 Å². The highest BCUT2D eigenvalue weighted by Crippen LogP contribution is 2.23. The lowest BCUT2D eigenvalue weighted by molar-refractivity contribution is 0.181. The molecule has 0 aromatic heterocycles. The van der Waals surface area contributed by atoms with Crippen LogP contribution in [0.4, 0.5) is 0 Å². The Labute approximate surface area is 118 Å². The first kappa shape index (κ1) is 16.2. The highest BCUT2D eigenvalue weighted by atomic mass is 16.3. The van der Waals surface area contributed by atoms with Crippen molar-refractivity contribution in [2.45, 2.75) is 65.0 Å². The van der Waals surface area contributed by atoms with E-state index in [-0.39, 0.29) is 11.5 Å². The van der Waals surface area contributed by atoms with Crippen LogP contribution in [0.25, 0.3) is 0 Å². The van der Waals surface area contributed by atoms with Crippen LogP contribution in [0, 0.1) is 0 Å². The van der Waals surface area contributed by atoms with Crippen LogP contribution in [-0.2, 0) is 5.41 Å². The lowest BCUT2D eigenvalue weighted by atomic mass is 9.86. The van der Waals surface area contributed by atoms with Crippen LogP contribution in [0.1, 0.15) is 64.6 Å². The first-order valence-corrected chi connectivity index (χ1v) is 7.32. The third-order valence-electron chi connectivity index (χ3n) is 3.53. The Morgan fingerprint density at radius 1 is 1.11 bits per heavy atom. The fourth-order valence-electron chi connectivity index (χ4n) is 2.11. The maximum absolute atomic E-state index is 9.21. The molecule has 0 fully saturated rings. The second-order valence-corrected chi connectivity index (χ2v) is 6.54. The van der Waals surface area contributed by atoms with E-state index in [1.54, 1.807) is 0 Å². The van der Waals surface area contributed by atoms with Crippen molar-refractivity contribution in [2.75, 3.05) is 6.54 Å². The number of aliphatic hydroxyl groups is 1. The van der Waals surface area contributed by atoms with Gasteiger partial charge in [-0.15, -0.1) is 0 Å². The predicted molar refractivity (Wildman–Crippen MR) is 82.5 cm³/mol. The monoisotopic (exact) mass is 263 g/mol. The summed E-state index contributed by atoms with van der Waals surface area (Å²) < 4.78 is 0. The Balaban J connectivity index is 2.47. The number of nitrogens with one attached hydrogen (secondary N) is 1. The molecule has 0 spiro atoms. The molecule has 108 valence electrons. The van der Waals surface area contributed by atoms with Gasteiger partial charge in [0.05, 0.1) is 6.10 Å². The highest BCUT2D eigenvalue weighted by molar-refractivity contribution is 5.28. The summed E-state index contributed by atoms with van der Waals surface area (Å²) in [7, 11) is 0. The van der Waals surface area contributed by atoms with Gasteiger partial charge in [0.1, 0.15) is 0 Å². The van der Waals surface area contributed by atoms with Crippen LogP contribution in [0.5, 0.6) is 0 Å². The molecule has 0 saturated carbocycles. The van der Waals surface area contributed by atoms with Gasteiger partial charge in [-0.25, -0.2) is 0 Å². The Hall–Kier alpha value is -0.860. The molecule has 2 heteroatoms. The smallest absolute Gasteiger partial charge is 0.0512 e. The van der Waals surface area contributed by atoms with Crippen molar-refractivity contribution in [1.29, 1.82) is 0 Å². The van der Waals surface area contributed by atoms with E-state index in [1.807, 2.05) is 6.92 Å². The molecular formula is C17H29NO. The van der Waals surface area contributed by atoms with E-state index < -0.39 is 0 Å². The molecular weight excluding hydrogens is 234 g/mol. The number of benzene rings is 1. The van der Waals surface area contributed by atoms with Gasteiger partial charge in [0.25, 0.3) is 0 Å². The summed E-state index contributed by atoms with van der Waals surface area (Å²) in [5.74, 6) is 0. The van der Waals surface area contributed by atoms with E-state index in [4.69, 9.17) is 0 Å². The molecule has 0 aliphatic carbocycles. The summed E-state index contributed by atoms with van der Waals surface area (Å²) in [5, 5.41) is 12.7. The van der Waals surface area contributed by atoms with E-state index in [1.165, 1.54) is 11.1 Å². The van der Waals surface area contributed by atoms with Crippen molar-refractivity contribution < 1.29 is 5.11 Å². The number of hydrogen-bond donors (Lipinski definition) is 2. The molecule has 0 aliphatic heterocycles. The number of rotatable bonds is 6. The van der Waals surface area contributed by atoms with Crippen molar-refractivity contribution >= 4 is 0 Å². The van der Waals surface area contributed by atoms with E-state index in [2.05, 4.69) is 57.3 Å². The third-order valence-corrected chi connectivity index (χ3v) is 3.53. The summed E-state index contributed by atoms with van der Waals surface area (Å²) in [6, 6.07) is 9.25. The second-order valence-electron chi connectivity index (χ2n) is 6.54. The molecule has 2 nitrogen and oxygen atoms in total. The van der Waals surface area contributed by atoms with Gasteiger partial charge < -0.3 is 10.4 Å². The molecule has 2 N–H and O–H groups in total. The lowest BCUT2D eigenvalue weighted by Gasteiger charge is -2.20. The van der Waals surface area contributed by atoms with Gasteiger partial charge in [-0.1, -0.05) is 45.0 Å². The van der Waals surface area contributed by atoms with Crippen molar-refractivity contribution in [3.8, 4) is 0 Å². The van der Waals surface area contributed by atoms with Gasteiger partial charge in [-0.2, -0.15) is 0 Å². The summed E-state index contributed by atoms with van der Waals surface area (Å²) in [5.41, 5.74) is 2.91. The first-order chi connectivity index (χ1) is 8.80. The van der Waals surface area contributed by atoms with Gasteiger partial charge in [0.2, 0.25) is 0 Å². The van der Waals surface area contributed by atoms with Crippen LogP contribution in [-0.4, -0.2) is 17.8 Å². The molecule has 0 aliphatic rings. The van der Waals surface area contributed by atoms with E-state index in [0.29, 0.717) is 6.04 Å². The fraction of sp³-hybridized carbons (Fsp3) is 0.647. The molecule has 1 rings (SSSR count). The van der Waals surface area contributed by atoms with Crippen LogP contribution in [0.2, 0.25) is 0 Å². The molecule has 0 radical (unpaired) electrons. The Morgan fingerprint density at radius 2 is 1.68 bits per heavy atom. The Kier molecular flexibility index (Phi) is 6.02. The summed E-state index contributed by atoms with van der Waals surface area (Å²) in [6.45, 7) is 11.7. The van der Waals surface area contributed by atoms with Gasteiger partial charge >= 0.3 is 0 Å². The normalized spacial score (nSPS) is 15.3. The fourth-order valence-corrected chi connectivity index (χ4v) is 2.11. The predicted octanol–water partition coefficient (Wildman–Crippen LogP) is 3.80. The van der Waals surface area contributed by atoms with Gasteiger partial charge in [0.15, 0.2) is 0 Å². The zero-order valence-corrected chi connectivity index (χ0v) is 13.0. The summed E-state index contributed by atoms with van der Waals surface area (Å²) in [6.07, 6.45) is 1.69. The standard InChI is InChI=1S/C17H29NO/c1-13(19)7-6-12-18-14(2)15-8-10-16(11-9-15)17(3,4)5/h8-11,13-14,18-19H,6-7,12H2,1-5H3. The minimum absolute atomic E-state index is 0.192. The average Bonchev–Trinajstić information content (AvgIpc) is 2.33. The van der Waals surface area contributed by atoms with E-state index >= 15 is 0 Å². The third kappa shape index (κ3) is 5.75. The number of hydrogen-bond acceptors (Lipinski definition) is 2. The Bertz CT molecular complexity index is 362. The second kappa shape index (κ2) is 7.06. The molecule has 2 atom stereocenters. The lowest BCUT2D eigenvalue weighted by Crippen LogP contribution is -2.21. The molecule has 0 saturated heterocycles. The largest absolute Gasteiger partial charge is 0.393 e. The zero-order chi connectivity index (χ0) is 14.5. The van der Waals surface area contributed by atoms with Gasteiger partial charge in [0, 0.05) is 6.04 Å². The summed E-state index contributed by atoms with van der Waals surface area (Å²) in [4.78, 5) is 0. The molecule has 1 aromatic carbocycles. The van der Waals surface area contributed by atoms with Gasteiger partial charge in [-0.3, -0.25) is 0 Å². The zero-order valence-electron chi connectivity index (χ0n) is 13.0. The molecule has 0 bridgehead atoms. The van der Waals surface area contributed by atoms with Crippen molar-refractivity contribution in [2.24, 2.45) is 0 Å². The molecule has 0 heterocycles. The van der Waals surface area contributed by atoms with Crippen LogP contribution < -0.4 is 5.32 Å². The van der Waals surface area contributed by atoms with Crippen LogP contribution in [0.15, 0.2) is 24.3 Å². The minimum Gasteiger partial charge on any atom is -0.393 e. The van der Waals surface area contributed by atoms with E-state index in [0.717, 1.165) is 19.4 Å². The van der Waals surface area contributed by atoms with Gasteiger partial charge in [-0.05, 0) is 49.8 Å². The Morgan fingerprint density at radius 3 is 2.16 bits per heavy atom. The first-order valence-electron chi connectivity index (χ1n) is 7.32. The summed E-state index contributed by atoms with van der Waals surface area (Å²) >= 11 is 0. The quantitative estimate of drug-likeness (QED) is 0.765. The molecule has 0 amide bonds. The maximum Gasteiger partial charge on any atom is 0.0512 e. The van der Waals surface area contributed by atoms with E-state index in [9.17, 15) is 5.11 Å². The van der Waals surface area contributed by atoms with Crippen molar-refractivity contribution in [3.05, 3.63) is 35.4 Å². The maximum atomic E-state index is 9.21. The topological polar surface area (TPSA) is 32.3 Å². The molecule has 2 unspecified atom stereocenters. The van der Waals surface area contributed by atoms with Crippen molar-refractivity contribution in [3.63, 3.8) is 0 Å². The number of aliphatic hydroxyl groups excluding tert-OH is 1.